The maximum Gasteiger partial charge on any atom is 0.345 e. The zero-order chi connectivity index (χ0) is 21.3. The summed E-state index contributed by atoms with van der Waals surface area (Å²) in [5, 5.41) is 7.79. The molecule has 0 bridgehead atoms. The van der Waals surface area contributed by atoms with E-state index in [0.717, 1.165) is 10.9 Å². The molecule has 1 unspecified atom stereocenters. The minimum Gasteiger partial charge on any atom is -0.351 e. The largest absolute Gasteiger partial charge is 0.351 e. The van der Waals surface area contributed by atoms with Crippen molar-refractivity contribution in [1.29, 1.82) is 0 Å². The fraction of sp³-hybridized carbons (Fsp3) is 0.350. The average molecular weight is 417 g/mol. The van der Waals surface area contributed by atoms with E-state index in [0.29, 0.717) is 30.0 Å². The lowest BCUT2D eigenvalue weighted by molar-refractivity contribution is -0.132. The molecule has 1 aromatic carbocycles. The standard InChI is InChI=1S/C20H21F2N5O3/c1-12(11-30-20(21)22)24-18(28)14-9-23-27-7-6-26(10-17(14)27)19(29)16-8-13-4-2-3-5-15(13)25-16/h2-5,8-9,12,20,25H,6-7,10-11H2,1H3,(H,24,28). The van der Waals surface area contributed by atoms with Crippen molar-refractivity contribution in [2.45, 2.75) is 32.7 Å². The second-order valence-corrected chi connectivity index (χ2v) is 7.19. The van der Waals surface area contributed by atoms with Gasteiger partial charge in [-0.3, -0.25) is 14.3 Å². The highest BCUT2D eigenvalue weighted by molar-refractivity contribution is 5.98. The molecule has 0 aliphatic carbocycles. The second-order valence-electron chi connectivity index (χ2n) is 7.19. The van der Waals surface area contributed by atoms with E-state index in [1.807, 2.05) is 30.3 Å². The number of carbonyl (C=O) groups excluding carboxylic acids is 2. The zero-order valence-electron chi connectivity index (χ0n) is 16.3. The summed E-state index contributed by atoms with van der Waals surface area (Å²) in [6, 6.07) is 8.83. The molecule has 0 radical (unpaired) electrons. The lowest BCUT2D eigenvalue weighted by atomic mass is 10.1. The Bertz CT molecular complexity index is 1040. The quantitative estimate of drug-likeness (QED) is 0.644. The maximum absolute atomic E-state index is 13.0. The van der Waals surface area contributed by atoms with Crippen LogP contribution in [0.5, 0.6) is 0 Å². The second kappa shape index (κ2) is 8.23. The molecule has 30 heavy (non-hydrogen) atoms. The number of H-pyrrole nitrogens is 1. The monoisotopic (exact) mass is 417 g/mol. The van der Waals surface area contributed by atoms with Gasteiger partial charge in [0.15, 0.2) is 0 Å². The van der Waals surface area contributed by atoms with Crippen molar-refractivity contribution in [1.82, 2.24) is 25.0 Å². The van der Waals surface area contributed by atoms with Gasteiger partial charge in [-0.1, -0.05) is 18.2 Å². The van der Waals surface area contributed by atoms with Crippen molar-refractivity contribution in [2.24, 2.45) is 0 Å². The van der Waals surface area contributed by atoms with E-state index in [-0.39, 0.29) is 19.1 Å². The number of benzene rings is 1. The van der Waals surface area contributed by atoms with E-state index in [2.05, 4.69) is 20.1 Å². The number of para-hydroxylation sites is 1. The number of hydrogen-bond acceptors (Lipinski definition) is 4. The molecule has 1 atom stereocenters. The molecular weight excluding hydrogens is 396 g/mol. The molecule has 4 rings (SSSR count). The maximum atomic E-state index is 13.0. The van der Waals surface area contributed by atoms with E-state index in [1.54, 1.807) is 16.5 Å². The van der Waals surface area contributed by atoms with Gasteiger partial charge in [-0.05, 0) is 19.1 Å². The number of nitrogens with one attached hydrogen (secondary N) is 2. The topological polar surface area (TPSA) is 92.2 Å². The van der Waals surface area contributed by atoms with Crippen molar-refractivity contribution in [3.63, 3.8) is 0 Å². The summed E-state index contributed by atoms with van der Waals surface area (Å²) >= 11 is 0. The molecule has 2 amide bonds. The van der Waals surface area contributed by atoms with Crippen LogP contribution in [-0.4, -0.2) is 57.3 Å². The van der Waals surface area contributed by atoms with Gasteiger partial charge in [-0.25, -0.2) is 0 Å². The van der Waals surface area contributed by atoms with Crippen LogP contribution in [0.25, 0.3) is 10.9 Å². The Hall–Kier alpha value is -3.27. The molecule has 0 spiro atoms. The summed E-state index contributed by atoms with van der Waals surface area (Å²) in [4.78, 5) is 30.3. The first kappa shape index (κ1) is 20.0. The summed E-state index contributed by atoms with van der Waals surface area (Å²) < 4.78 is 30.3. The number of alkyl halides is 2. The van der Waals surface area contributed by atoms with Crippen LogP contribution < -0.4 is 5.32 Å². The third kappa shape index (κ3) is 4.04. The third-order valence-corrected chi connectivity index (χ3v) is 5.01. The summed E-state index contributed by atoms with van der Waals surface area (Å²) in [6.07, 6.45) is 1.43. The van der Waals surface area contributed by atoms with Crippen LogP contribution in [0, 0.1) is 0 Å². The van der Waals surface area contributed by atoms with Crippen LogP contribution in [0.3, 0.4) is 0 Å². The van der Waals surface area contributed by atoms with E-state index in [1.165, 1.54) is 6.20 Å². The fourth-order valence-corrected chi connectivity index (χ4v) is 3.53. The van der Waals surface area contributed by atoms with Crippen molar-refractivity contribution in [3.8, 4) is 0 Å². The van der Waals surface area contributed by atoms with E-state index in [4.69, 9.17) is 0 Å². The summed E-state index contributed by atoms with van der Waals surface area (Å²) in [6.45, 7) is -0.489. The molecule has 158 valence electrons. The predicted molar refractivity (Wildman–Crippen MR) is 104 cm³/mol. The Morgan fingerprint density at radius 3 is 2.87 bits per heavy atom. The van der Waals surface area contributed by atoms with E-state index >= 15 is 0 Å². The van der Waals surface area contributed by atoms with Crippen molar-refractivity contribution in [2.75, 3.05) is 13.2 Å². The lowest BCUT2D eigenvalue weighted by Crippen LogP contribution is -2.40. The Morgan fingerprint density at radius 1 is 1.30 bits per heavy atom. The molecule has 3 aromatic rings. The molecule has 8 nitrogen and oxygen atoms in total. The number of carbonyl (C=O) groups is 2. The molecular formula is C20H21F2N5O3. The van der Waals surface area contributed by atoms with Crippen LogP contribution >= 0.6 is 0 Å². The first-order chi connectivity index (χ1) is 14.4. The van der Waals surface area contributed by atoms with Crippen molar-refractivity contribution < 1.29 is 23.1 Å². The highest BCUT2D eigenvalue weighted by Crippen LogP contribution is 2.21. The number of nitrogens with zero attached hydrogens (tertiary/aromatic N) is 3. The normalized spacial score (nSPS) is 14.7. The van der Waals surface area contributed by atoms with Crippen molar-refractivity contribution >= 4 is 22.7 Å². The van der Waals surface area contributed by atoms with Gasteiger partial charge >= 0.3 is 6.61 Å². The predicted octanol–water partition coefficient (Wildman–Crippen LogP) is 2.38. The molecule has 0 fully saturated rings. The van der Waals surface area contributed by atoms with Crippen LogP contribution in [0.1, 0.15) is 33.5 Å². The van der Waals surface area contributed by atoms with Crippen LogP contribution in [0.15, 0.2) is 36.5 Å². The molecule has 2 aromatic heterocycles. The first-order valence-electron chi connectivity index (χ1n) is 9.54. The molecule has 2 N–H and O–H groups in total. The van der Waals surface area contributed by atoms with Gasteiger partial charge in [-0.15, -0.1) is 0 Å². The minimum absolute atomic E-state index is 0.163. The van der Waals surface area contributed by atoms with Crippen LogP contribution in [-0.2, 0) is 17.8 Å². The van der Waals surface area contributed by atoms with Gasteiger partial charge in [0.2, 0.25) is 0 Å². The number of fused-ring (bicyclic) bond motifs is 2. The van der Waals surface area contributed by atoms with Gasteiger partial charge in [0.05, 0.1) is 37.2 Å². The zero-order valence-corrected chi connectivity index (χ0v) is 16.3. The van der Waals surface area contributed by atoms with Gasteiger partial charge < -0.3 is 19.9 Å². The van der Waals surface area contributed by atoms with E-state index in [9.17, 15) is 18.4 Å². The number of aromatic amines is 1. The summed E-state index contributed by atoms with van der Waals surface area (Å²) in [7, 11) is 0. The Kier molecular flexibility index (Phi) is 5.49. The van der Waals surface area contributed by atoms with E-state index < -0.39 is 18.6 Å². The number of hydrogen-bond donors (Lipinski definition) is 2. The smallest absolute Gasteiger partial charge is 0.345 e. The number of halogens is 2. The Morgan fingerprint density at radius 2 is 2.10 bits per heavy atom. The van der Waals surface area contributed by atoms with Gasteiger partial charge in [0.1, 0.15) is 5.69 Å². The van der Waals surface area contributed by atoms with Crippen LogP contribution in [0.2, 0.25) is 0 Å². The van der Waals surface area contributed by atoms with Gasteiger partial charge in [-0.2, -0.15) is 13.9 Å². The Balaban J connectivity index is 1.47. The molecule has 1 aliphatic heterocycles. The number of amides is 2. The van der Waals surface area contributed by atoms with Gasteiger partial charge in [0, 0.05) is 23.5 Å². The Labute approximate surface area is 170 Å². The minimum atomic E-state index is -2.89. The SMILES string of the molecule is CC(COC(F)F)NC(=O)c1cnn2c1CN(C(=O)c1cc3ccccc3[nH]1)CC2. The summed E-state index contributed by atoms with van der Waals surface area (Å²) in [5.74, 6) is -0.606. The highest BCUT2D eigenvalue weighted by atomic mass is 19.3. The molecule has 0 saturated heterocycles. The molecule has 10 heteroatoms. The highest BCUT2D eigenvalue weighted by Gasteiger charge is 2.28. The van der Waals surface area contributed by atoms with Gasteiger partial charge in [0.25, 0.3) is 11.8 Å². The number of rotatable bonds is 6. The molecule has 3 heterocycles. The molecule has 1 aliphatic rings. The third-order valence-electron chi connectivity index (χ3n) is 5.01. The number of ether oxygens (including phenoxy) is 1. The van der Waals surface area contributed by atoms with Crippen molar-refractivity contribution in [3.05, 3.63) is 53.5 Å². The average Bonchev–Trinajstić information content (AvgIpc) is 3.35. The summed E-state index contributed by atoms with van der Waals surface area (Å²) in [5.41, 5.74) is 2.27. The fourth-order valence-electron chi connectivity index (χ4n) is 3.53. The molecule has 0 saturated carbocycles. The number of aromatic nitrogens is 3. The lowest BCUT2D eigenvalue weighted by Gasteiger charge is -2.28. The first-order valence-corrected chi connectivity index (χ1v) is 9.54. The van der Waals surface area contributed by atoms with Crippen LogP contribution in [0.4, 0.5) is 8.78 Å².